The van der Waals surface area contributed by atoms with E-state index in [0.717, 1.165) is 16.4 Å². The Bertz CT molecular complexity index is 1030. The molecule has 6 nitrogen and oxygen atoms in total. The van der Waals surface area contributed by atoms with Crippen molar-refractivity contribution < 1.29 is 26.0 Å². The minimum atomic E-state index is -4.07. The third kappa shape index (κ3) is 3.32. The van der Waals surface area contributed by atoms with Crippen LogP contribution in [0.4, 0.5) is 4.39 Å². The van der Waals surface area contributed by atoms with Crippen LogP contribution in [-0.2, 0) is 19.9 Å². The van der Waals surface area contributed by atoms with Gasteiger partial charge in [0.25, 0.3) is 0 Å². The quantitative estimate of drug-likeness (QED) is 0.743. The van der Waals surface area contributed by atoms with E-state index in [4.69, 9.17) is 16.3 Å². The minimum Gasteiger partial charge on any atom is -0.495 e. The van der Waals surface area contributed by atoms with Gasteiger partial charge in [0.05, 0.1) is 17.3 Å². The summed E-state index contributed by atoms with van der Waals surface area (Å²) in [4.78, 5) is -0.255. The number of ether oxygens (including phenoxy) is 1. The van der Waals surface area contributed by atoms with Crippen LogP contribution in [0.5, 0.6) is 5.75 Å². The normalized spacial score (nSPS) is 16.3. The second-order valence-electron chi connectivity index (χ2n) is 5.74. The molecule has 0 amide bonds. The van der Waals surface area contributed by atoms with E-state index in [0.29, 0.717) is 5.02 Å². The molecule has 140 valence electrons. The van der Waals surface area contributed by atoms with Gasteiger partial charge >= 0.3 is 0 Å². The van der Waals surface area contributed by atoms with E-state index in [9.17, 15) is 21.2 Å². The second-order valence-corrected chi connectivity index (χ2v) is 10.3. The fourth-order valence-electron chi connectivity index (χ4n) is 2.60. The molecule has 1 heterocycles. The third-order valence-corrected chi connectivity index (χ3v) is 8.35. The van der Waals surface area contributed by atoms with Gasteiger partial charge in [-0.15, -0.1) is 0 Å². The summed E-state index contributed by atoms with van der Waals surface area (Å²) >= 11 is 5.76. The lowest BCUT2D eigenvalue weighted by molar-refractivity contribution is 0.307. The molecular weight excluding hydrogens is 405 g/mol. The van der Waals surface area contributed by atoms with Crippen molar-refractivity contribution in [1.29, 1.82) is 0 Å². The lowest BCUT2D eigenvalue weighted by atomic mass is 10.3. The van der Waals surface area contributed by atoms with Crippen LogP contribution in [-0.4, -0.2) is 46.6 Å². The number of sulfone groups is 1. The maximum absolute atomic E-state index is 13.5. The average Bonchev–Trinajstić information content (AvgIpc) is 2.53. The maximum Gasteiger partial charge on any atom is 0.246 e. The van der Waals surface area contributed by atoms with Crippen LogP contribution >= 0.6 is 11.6 Å². The zero-order chi connectivity index (χ0) is 19.1. The number of hydrogen-bond acceptors (Lipinski definition) is 5. The highest BCUT2D eigenvalue weighted by Crippen LogP contribution is 2.33. The topological polar surface area (TPSA) is 80.8 Å². The molecule has 1 aliphatic rings. The predicted molar refractivity (Wildman–Crippen MR) is 94.1 cm³/mol. The van der Waals surface area contributed by atoms with Crippen molar-refractivity contribution in [2.75, 3.05) is 20.2 Å². The number of benzene rings is 2. The molecule has 10 heteroatoms. The largest absolute Gasteiger partial charge is 0.495 e. The summed E-state index contributed by atoms with van der Waals surface area (Å²) < 4.78 is 69.9. The first-order chi connectivity index (χ1) is 12.2. The molecule has 0 spiro atoms. The van der Waals surface area contributed by atoms with Crippen molar-refractivity contribution >= 4 is 31.5 Å². The summed E-state index contributed by atoms with van der Waals surface area (Å²) in [5, 5.41) is -0.474. The fraction of sp³-hybridized carbons (Fsp3) is 0.250. The number of hydrogen-bond donors (Lipinski definition) is 0. The molecular formula is C16H15ClFNO5S2. The highest BCUT2D eigenvalue weighted by Gasteiger charge is 2.45. The monoisotopic (exact) mass is 419 g/mol. The standard InChI is InChI=1S/C16H15ClFNO5S2/c1-24-15-7-4-12(18)8-16(15)26(22,23)19-9-14(10-19)25(20,21)13-5-2-11(17)3-6-13/h2-8,14H,9-10H2,1H3. The number of sulfonamides is 1. The number of methoxy groups -OCH3 is 1. The molecule has 0 atom stereocenters. The highest BCUT2D eigenvalue weighted by atomic mass is 35.5. The first-order valence-corrected chi connectivity index (χ1v) is 10.9. The molecule has 0 aromatic heterocycles. The molecule has 0 aliphatic carbocycles. The van der Waals surface area contributed by atoms with Crippen molar-refractivity contribution in [3.8, 4) is 5.75 Å². The van der Waals surface area contributed by atoms with Gasteiger partial charge in [-0.2, -0.15) is 4.31 Å². The summed E-state index contributed by atoms with van der Waals surface area (Å²) in [7, 11) is -6.48. The van der Waals surface area contributed by atoms with Gasteiger partial charge in [-0.25, -0.2) is 21.2 Å². The molecule has 0 bridgehead atoms. The summed E-state index contributed by atoms with van der Waals surface area (Å²) in [6, 6.07) is 8.83. The SMILES string of the molecule is COc1ccc(F)cc1S(=O)(=O)N1CC(S(=O)(=O)c2ccc(Cl)cc2)C1. The van der Waals surface area contributed by atoms with Gasteiger partial charge in [-0.1, -0.05) is 11.6 Å². The summed E-state index contributed by atoms with van der Waals surface area (Å²) in [5.74, 6) is -0.731. The van der Waals surface area contributed by atoms with E-state index >= 15 is 0 Å². The molecule has 1 fully saturated rings. The van der Waals surface area contributed by atoms with Crippen molar-refractivity contribution in [2.45, 2.75) is 15.0 Å². The van der Waals surface area contributed by atoms with Crippen LogP contribution in [0.2, 0.25) is 5.02 Å². The maximum atomic E-state index is 13.5. The second kappa shape index (κ2) is 6.80. The van der Waals surface area contributed by atoms with Crippen LogP contribution in [0.15, 0.2) is 52.3 Å². The van der Waals surface area contributed by atoms with Crippen LogP contribution in [0, 0.1) is 5.82 Å². The van der Waals surface area contributed by atoms with E-state index in [2.05, 4.69) is 0 Å². The average molecular weight is 420 g/mol. The summed E-state index contributed by atoms with van der Waals surface area (Å²) in [5.41, 5.74) is 0. The molecule has 2 aromatic rings. The smallest absolute Gasteiger partial charge is 0.246 e. The van der Waals surface area contributed by atoms with Crippen LogP contribution in [0.3, 0.4) is 0 Å². The Morgan fingerprint density at radius 2 is 1.69 bits per heavy atom. The third-order valence-electron chi connectivity index (χ3n) is 4.14. The van der Waals surface area contributed by atoms with Crippen molar-refractivity contribution in [2.24, 2.45) is 0 Å². The Labute approximate surface area is 156 Å². The molecule has 0 N–H and O–H groups in total. The van der Waals surface area contributed by atoms with Gasteiger partial charge < -0.3 is 4.74 Å². The van der Waals surface area contributed by atoms with Gasteiger partial charge in [-0.05, 0) is 42.5 Å². The Morgan fingerprint density at radius 3 is 2.27 bits per heavy atom. The van der Waals surface area contributed by atoms with Gasteiger partial charge in [0.2, 0.25) is 10.0 Å². The summed E-state index contributed by atoms with van der Waals surface area (Å²) in [6.45, 7) is -0.431. The van der Waals surface area contributed by atoms with E-state index in [1.165, 1.54) is 37.4 Å². The Hall–Kier alpha value is -1.68. The van der Waals surface area contributed by atoms with E-state index in [-0.39, 0.29) is 28.6 Å². The Balaban J connectivity index is 1.83. The number of halogens is 2. The first kappa shape index (κ1) is 19.1. The van der Waals surface area contributed by atoms with Gasteiger partial charge in [0.15, 0.2) is 9.84 Å². The number of nitrogens with zero attached hydrogens (tertiary/aromatic N) is 1. The van der Waals surface area contributed by atoms with Crippen LogP contribution in [0.25, 0.3) is 0 Å². The van der Waals surface area contributed by atoms with Gasteiger partial charge in [0.1, 0.15) is 16.5 Å². The van der Waals surface area contributed by atoms with Crippen molar-refractivity contribution in [1.82, 2.24) is 4.31 Å². The molecule has 2 aromatic carbocycles. The molecule has 1 aliphatic heterocycles. The van der Waals surface area contributed by atoms with Gasteiger partial charge in [-0.3, -0.25) is 0 Å². The van der Waals surface area contributed by atoms with E-state index < -0.39 is 30.9 Å². The van der Waals surface area contributed by atoms with Crippen LogP contribution in [0.1, 0.15) is 0 Å². The van der Waals surface area contributed by atoms with Crippen LogP contribution < -0.4 is 4.74 Å². The molecule has 1 saturated heterocycles. The zero-order valence-corrected chi connectivity index (χ0v) is 16.0. The lowest BCUT2D eigenvalue weighted by Gasteiger charge is -2.37. The predicted octanol–water partition coefficient (Wildman–Crippen LogP) is 2.33. The molecule has 26 heavy (non-hydrogen) atoms. The first-order valence-electron chi connectivity index (χ1n) is 7.49. The van der Waals surface area contributed by atoms with Crippen molar-refractivity contribution in [3.05, 3.63) is 53.3 Å². The molecule has 0 radical (unpaired) electrons. The molecule has 0 unspecified atom stereocenters. The molecule has 3 rings (SSSR count). The van der Waals surface area contributed by atoms with Gasteiger partial charge in [0, 0.05) is 18.1 Å². The van der Waals surface area contributed by atoms with E-state index in [1.807, 2.05) is 0 Å². The Morgan fingerprint density at radius 1 is 1.08 bits per heavy atom. The summed E-state index contributed by atoms with van der Waals surface area (Å²) in [6.07, 6.45) is 0. The molecule has 0 saturated carbocycles. The number of rotatable bonds is 5. The highest BCUT2D eigenvalue weighted by molar-refractivity contribution is 7.92. The Kier molecular flexibility index (Phi) is 5.00. The zero-order valence-electron chi connectivity index (χ0n) is 13.6. The minimum absolute atomic E-state index is 0.00425. The lowest BCUT2D eigenvalue weighted by Crippen LogP contribution is -2.56. The fourth-order valence-corrected chi connectivity index (χ4v) is 6.27. The van der Waals surface area contributed by atoms with Crippen molar-refractivity contribution in [3.63, 3.8) is 0 Å². The van der Waals surface area contributed by atoms with E-state index in [1.54, 1.807) is 0 Å².